The predicted octanol–water partition coefficient (Wildman–Crippen LogP) is 19.7. The lowest BCUT2D eigenvalue weighted by atomic mass is 9.60. The number of carbonyl (C=O) groups is 14. The Morgan fingerprint density at radius 3 is 0.953 bits per heavy atom. The molecule has 0 aliphatic heterocycles. The molecule has 11 unspecified atom stereocenters. The van der Waals surface area contributed by atoms with Crippen molar-refractivity contribution in [2.45, 2.75) is 373 Å². The maximum Gasteiger partial charge on any atom is 0.508 e. The van der Waals surface area contributed by atoms with Crippen molar-refractivity contribution in [1.82, 2.24) is 31.9 Å². The molecule has 0 radical (unpaired) electrons. The molecule has 6 amide bonds. The predicted molar refractivity (Wildman–Crippen MR) is 564 cm³/mol. The second kappa shape index (κ2) is 61.8. The Hall–Kier alpha value is -9.01. The Balaban J connectivity index is 0.901. The lowest BCUT2D eigenvalue weighted by Crippen LogP contribution is -2.52. The van der Waals surface area contributed by atoms with E-state index in [0.29, 0.717) is 122 Å². The van der Waals surface area contributed by atoms with Crippen LogP contribution in [0.4, 0.5) is 38.4 Å². The lowest BCUT2D eigenvalue weighted by molar-refractivity contribution is -0.157. The van der Waals surface area contributed by atoms with Crippen molar-refractivity contribution in [2.24, 2.45) is 66.0 Å². The highest BCUT2D eigenvalue weighted by Gasteiger charge is 2.49. The van der Waals surface area contributed by atoms with Crippen molar-refractivity contribution >= 4 is 110 Å². The van der Waals surface area contributed by atoms with Gasteiger partial charge in [0.25, 0.3) is 0 Å². The molecule has 0 bridgehead atoms. The smallest absolute Gasteiger partial charge is 0.466 e. The Morgan fingerprint density at radius 1 is 0.302 bits per heavy atom. The van der Waals surface area contributed by atoms with Crippen molar-refractivity contribution in [1.29, 1.82) is 0 Å². The fraction of sp³-hybridized carbons (Fsp3) is 0.832. The Labute approximate surface area is 888 Å². The van der Waals surface area contributed by atoms with Crippen LogP contribution >= 0.6 is 0 Å². The summed E-state index contributed by atoms with van der Waals surface area (Å²) in [7, 11) is -6.47. The van der Waals surface area contributed by atoms with E-state index in [0.717, 1.165) is 57.1 Å². The van der Waals surface area contributed by atoms with E-state index >= 15 is 0 Å². The average molecular weight is 2170 g/mol. The molecule has 5 saturated carbocycles. The van der Waals surface area contributed by atoms with E-state index in [9.17, 15) is 67.1 Å². The van der Waals surface area contributed by atoms with Gasteiger partial charge in [0.2, 0.25) is 0 Å². The van der Waals surface area contributed by atoms with E-state index in [1.165, 1.54) is 0 Å². The van der Waals surface area contributed by atoms with Gasteiger partial charge in [-0.15, -0.1) is 0 Å². The summed E-state index contributed by atoms with van der Waals surface area (Å²) in [4.78, 5) is 178. The second-order valence-electron chi connectivity index (χ2n) is 49.8. The number of hydrogen-bond donors (Lipinski definition) is 6. The molecule has 39 nitrogen and oxygen atoms in total. The molecule has 854 valence electrons. The quantitative estimate of drug-likeness (QED) is 0.0108. The van der Waals surface area contributed by atoms with Crippen LogP contribution in [0.3, 0.4) is 0 Å². The minimum absolute atomic E-state index is 0.00766. The molecule has 6 N–H and O–H groups in total. The number of nitrogens with one attached hydrogen (secondary N) is 6. The van der Waals surface area contributed by atoms with E-state index in [-0.39, 0.29) is 248 Å². The van der Waals surface area contributed by atoms with Crippen molar-refractivity contribution < 1.29 is 156 Å². The summed E-state index contributed by atoms with van der Waals surface area (Å²) in [6.45, 7) is 54.7. The van der Waals surface area contributed by atoms with Gasteiger partial charge in [0.1, 0.15) is 6.61 Å². The topological polar surface area (TPSA) is 487 Å². The van der Waals surface area contributed by atoms with Crippen LogP contribution < -0.4 is 31.9 Å². The molecule has 42 heteroatoms. The number of amides is 6. The highest BCUT2D eigenvalue weighted by Crippen LogP contribution is 2.54. The average Bonchev–Trinajstić information content (AvgIpc) is 0.790. The molecule has 0 heterocycles. The normalized spacial score (nSPS) is 23.8. The molecular weight excluding hydrogens is 1980 g/mol. The van der Waals surface area contributed by atoms with Crippen molar-refractivity contribution in [2.75, 3.05) is 132 Å². The van der Waals surface area contributed by atoms with E-state index in [2.05, 4.69) is 188 Å². The maximum atomic E-state index is 14.0. The monoisotopic (exact) mass is 2170 g/mol. The van der Waals surface area contributed by atoms with Gasteiger partial charge < -0.3 is 121 Å². The Kier molecular flexibility index (Phi) is 54.1. The summed E-state index contributed by atoms with van der Waals surface area (Å²) in [5, 5.41) is 17.6. The van der Waals surface area contributed by atoms with Gasteiger partial charge in [-0.05, 0) is 246 Å². The molecule has 0 aromatic rings. The third-order valence-electron chi connectivity index (χ3n) is 27.0. The molecule has 11 atom stereocenters. The van der Waals surface area contributed by atoms with Gasteiger partial charge in [-0.25, -0.2) is 47.9 Å². The van der Waals surface area contributed by atoms with E-state index in [1.807, 2.05) is 6.92 Å². The van der Waals surface area contributed by atoms with Gasteiger partial charge in [0.05, 0.1) is 99.1 Å². The second-order valence-corrected chi connectivity index (χ2v) is 62.6. The van der Waals surface area contributed by atoms with Crippen LogP contribution in [0.25, 0.3) is 0 Å². The van der Waals surface area contributed by atoms with Crippen molar-refractivity contribution in [3.05, 3.63) is 25.3 Å². The van der Waals surface area contributed by atoms with Gasteiger partial charge in [-0.1, -0.05) is 117 Å². The highest BCUT2D eigenvalue weighted by molar-refractivity contribution is 6.87. The highest BCUT2D eigenvalue weighted by atomic mass is 28.5. The van der Waals surface area contributed by atoms with Gasteiger partial charge in [0.15, 0.2) is 22.7 Å². The van der Waals surface area contributed by atoms with Crippen LogP contribution in [0.1, 0.15) is 296 Å². The van der Waals surface area contributed by atoms with Crippen molar-refractivity contribution in [3.8, 4) is 0 Å². The Bertz CT molecular complexity index is 4260. The first-order valence-electron chi connectivity index (χ1n) is 53.7. The van der Waals surface area contributed by atoms with Crippen LogP contribution in [0.2, 0.25) is 51.9 Å². The zero-order valence-electron chi connectivity index (χ0n) is 94.1. The molecule has 5 aliphatic carbocycles. The summed E-state index contributed by atoms with van der Waals surface area (Å²) in [5.41, 5.74) is -2.57. The molecule has 5 rings (SSSR count). The first kappa shape index (κ1) is 130. The summed E-state index contributed by atoms with van der Waals surface area (Å²) in [6, 6.07) is 0.0866. The first-order valence-corrected chi connectivity index (χ1v) is 63.1. The molecule has 0 saturated heterocycles. The minimum Gasteiger partial charge on any atom is -0.466 e. The molecule has 0 aromatic heterocycles. The molecule has 0 spiro atoms. The number of esters is 6. The zero-order chi connectivity index (χ0) is 111. The van der Waals surface area contributed by atoms with E-state index in [4.69, 9.17) is 88.8 Å². The summed E-state index contributed by atoms with van der Waals surface area (Å²) < 4.78 is 106. The molecule has 149 heavy (non-hydrogen) atoms. The van der Waals surface area contributed by atoms with Crippen LogP contribution in [-0.2, 0) is 118 Å². The summed E-state index contributed by atoms with van der Waals surface area (Å²) >= 11 is 0. The van der Waals surface area contributed by atoms with Crippen LogP contribution in [0.5, 0.6) is 0 Å². The standard InChI is InChI=1S/C107H186N6O33Si3/c1-25-84(114)129-43-29-47-134-90(120)108-75-106(16)61-79(59-99(5,6)73-106)57-89(119)144-83(68-128-40-35-55-149(24,145-147(18,19)20)146-148(21,22)23)69-143-92(122)110-76-105(15)60-78(58-98(3,4)72-105)56-88(118)133-46-32-52-140-96(126)139-51-31-45-132-87(117)37-39-104(14)65-80(62-100(7,8)71-104)111-93(123)136-42-28-27-41-131-86(116)36-38-103(13)66-81(63-101(9,10)70-103)112-94(124)138-50-34-54-142-97(127)141-53-33-48-135-91(121)109-77-107(17)67-82(64-102(11,12)74-107)113-95(125)137-49-30-44-130-85(115)26-2/h25-26,78-83H,1-2,27-77H2,3-24H3,(H,108,120)(H,109,121)(H,110,122)(H,111,123)(H,112,124)(H,113,125). The number of alkyl carbamates (subject to hydrolysis) is 6. The van der Waals surface area contributed by atoms with Crippen molar-refractivity contribution in [3.63, 3.8) is 0 Å². The van der Waals surface area contributed by atoms with E-state index in [1.54, 1.807) is 0 Å². The number of rotatable bonds is 63. The molecule has 0 aromatic carbocycles. The van der Waals surface area contributed by atoms with Gasteiger partial charge in [-0.2, -0.15) is 0 Å². The number of carbonyl (C=O) groups excluding carboxylic acids is 14. The maximum absolute atomic E-state index is 14.0. The molecule has 5 aliphatic rings. The first-order chi connectivity index (χ1) is 69.4. The third-order valence-corrected chi connectivity index (χ3v) is 36.6. The lowest BCUT2D eigenvalue weighted by Gasteiger charge is -2.46. The molecular formula is C107H186N6O33Si3. The minimum atomic E-state index is -2.56. The summed E-state index contributed by atoms with van der Waals surface area (Å²) in [5.74, 6) is -2.85. The van der Waals surface area contributed by atoms with Crippen LogP contribution in [-0.4, -0.2) is 266 Å². The fourth-order valence-electron chi connectivity index (χ4n) is 23.9. The van der Waals surface area contributed by atoms with Crippen LogP contribution in [0.15, 0.2) is 25.3 Å². The largest absolute Gasteiger partial charge is 0.508 e. The Morgan fingerprint density at radius 2 is 0.591 bits per heavy atom. The van der Waals surface area contributed by atoms with E-state index < -0.39 is 115 Å². The van der Waals surface area contributed by atoms with Gasteiger partial charge in [-0.3, -0.25) is 19.2 Å². The zero-order valence-corrected chi connectivity index (χ0v) is 97.1. The third kappa shape index (κ3) is 58.0. The SMILES string of the molecule is C=CC(=O)OCCCOC(=O)NCC1(C)CC(CC(=O)OC(COCCC[Si](C)(O[Si](C)(C)C)O[Si](C)(C)C)COC(=O)NCC2(C)CC(CC(=O)OCCCOC(=O)OCCCOC(=O)CCC3(C)CC(NC(=O)OCCCCOC(=O)CCC4(C)CC(NC(=O)OCCCOC(=O)OCCCOC(=O)NCC5(C)CC(NC(=O)OCCCOC(=O)C=C)CC(C)(C)C5)CC(C)(C)C4)CC(C)(C)C3)CC(C)(C)C2)CC(C)(C)C1. The molecule has 5 fully saturated rings. The van der Waals surface area contributed by atoms with Crippen LogP contribution in [0, 0.1) is 66.0 Å². The number of hydrogen-bond acceptors (Lipinski definition) is 33. The van der Waals surface area contributed by atoms with Gasteiger partial charge in [0, 0.05) is 121 Å². The van der Waals surface area contributed by atoms with Gasteiger partial charge >= 0.3 is 93.2 Å². The fourth-order valence-corrected chi connectivity index (χ4v) is 36.4. The summed E-state index contributed by atoms with van der Waals surface area (Å²) in [6.07, 6.45) is 11.2. The number of unbranched alkanes of at least 4 members (excludes halogenated alkanes) is 1. The number of ether oxygens (including phenoxy) is 17.